The van der Waals surface area contributed by atoms with Crippen molar-refractivity contribution >= 4 is 11.7 Å². The number of nitrogens with zero attached hydrogens (tertiary/aromatic N) is 1. The van der Waals surface area contributed by atoms with Gasteiger partial charge in [-0.3, -0.25) is 10.1 Å². The molecule has 116 valence electrons. The van der Waals surface area contributed by atoms with Gasteiger partial charge in [0.15, 0.2) is 0 Å². The van der Waals surface area contributed by atoms with Crippen LogP contribution >= 0.6 is 0 Å². The van der Waals surface area contributed by atoms with Gasteiger partial charge in [0.2, 0.25) is 0 Å². The monoisotopic (exact) mass is 308 g/mol. The van der Waals surface area contributed by atoms with Gasteiger partial charge in [0, 0.05) is 6.20 Å². The molecule has 0 bridgehead atoms. The molecule has 0 radical (unpaired) electrons. The molecule has 2 aromatic carbocycles. The van der Waals surface area contributed by atoms with E-state index in [1.165, 1.54) is 10.7 Å². The highest BCUT2D eigenvalue weighted by Gasteiger charge is 2.08. The fourth-order valence-electron chi connectivity index (χ4n) is 2.16. The number of ether oxygens (including phenoxy) is 1. The Balaban J connectivity index is 1.63. The van der Waals surface area contributed by atoms with E-state index in [1.54, 1.807) is 12.3 Å². The topological polar surface area (TPSA) is 63.5 Å². The molecule has 0 aliphatic rings. The van der Waals surface area contributed by atoms with Crippen LogP contribution in [0.15, 0.2) is 72.9 Å². The Morgan fingerprint density at radius 2 is 1.74 bits per heavy atom. The fourth-order valence-corrected chi connectivity index (χ4v) is 2.16. The Morgan fingerprint density at radius 1 is 1.00 bits per heavy atom. The Hall–Kier alpha value is -3.21. The molecule has 1 aromatic heterocycles. The van der Waals surface area contributed by atoms with Crippen LogP contribution in [-0.4, -0.2) is 15.8 Å². The van der Waals surface area contributed by atoms with Gasteiger partial charge in [0.25, 0.3) is 0 Å². The summed E-state index contributed by atoms with van der Waals surface area (Å²) in [6, 6.07) is 20.5. The molecular formula is C18H16N2O3. The fraction of sp³-hybridized carbons (Fsp3) is 0.0556. The summed E-state index contributed by atoms with van der Waals surface area (Å²) < 4.78 is 7.18. The van der Waals surface area contributed by atoms with Crippen LogP contribution in [0.1, 0.15) is 16.1 Å². The summed E-state index contributed by atoms with van der Waals surface area (Å²) in [4.78, 5) is 11.1. The summed E-state index contributed by atoms with van der Waals surface area (Å²) in [5.41, 5.74) is 5.07. The van der Waals surface area contributed by atoms with E-state index in [9.17, 15) is 4.79 Å². The molecular weight excluding hydrogens is 292 g/mol. The first-order chi connectivity index (χ1) is 11.2. The molecule has 0 fully saturated rings. The van der Waals surface area contributed by atoms with Crippen molar-refractivity contribution in [3.05, 3.63) is 84.2 Å². The van der Waals surface area contributed by atoms with Crippen molar-refractivity contribution in [1.82, 2.24) is 4.68 Å². The number of carboxylic acid groups (broad SMARTS) is 1. The normalized spacial score (nSPS) is 10.3. The van der Waals surface area contributed by atoms with Gasteiger partial charge in [0.1, 0.15) is 18.1 Å². The number of hydrogen-bond acceptors (Lipinski definition) is 3. The minimum absolute atomic E-state index is 0.175. The SMILES string of the molecule is O=C(O)c1cccn1Nc1ccc(OCc2ccccc2)cc1. The highest BCUT2D eigenvalue weighted by Crippen LogP contribution is 2.18. The van der Waals surface area contributed by atoms with E-state index in [0.717, 1.165) is 17.0 Å². The number of carbonyl (C=O) groups is 1. The predicted octanol–water partition coefficient (Wildman–Crippen LogP) is 3.64. The number of aromatic nitrogens is 1. The van der Waals surface area contributed by atoms with E-state index in [4.69, 9.17) is 9.84 Å². The van der Waals surface area contributed by atoms with Crippen LogP contribution in [0.25, 0.3) is 0 Å². The smallest absolute Gasteiger partial charge is 0.354 e. The Bertz CT molecular complexity index is 780. The molecule has 5 heteroatoms. The number of carboxylic acids is 1. The molecule has 1 heterocycles. The second-order valence-electron chi connectivity index (χ2n) is 4.98. The largest absolute Gasteiger partial charge is 0.489 e. The van der Waals surface area contributed by atoms with E-state index in [0.29, 0.717) is 6.61 Å². The average Bonchev–Trinajstić information content (AvgIpc) is 3.04. The van der Waals surface area contributed by atoms with Gasteiger partial charge in [-0.25, -0.2) is 4.79 Å². The van der Waals surface area contributed by atoms with Gasteiger partial charge in [-0.15, -0.1) is 0 Å². The quantitative estimate of drug-likeness (QED) is 0.730. The molecule has 0 unspecified atom stereocenters. The molecule has 5 nitrogen and oxygen atoms in total. The lowest BCUT2D eigenvalue weighted by atomic mass is 10.2. The lowest BCUT2D eigenvalue weighted by molar-refractivity contribution is 0.0687. The maximum atomic E-state index is 11.1. The molecule has 0 aliphatic heterocycles. The molecule has 0 atom stereocenters. The predicted molar refractivity (Wildman–Crippen MR) is 87.6 cm³/mol. The van der Waals surface area contributed by atoms with Crippen LogP contribution < -0.4 is 10.2 Å². The summed E-state index contributed by atoms with van der Waals surface area (Å²) in [6.45, 7) is 0.508. The zero-order valence-corrected chi connectivity index (χ0v) is 12.3. The summed E-state index contributed by atoms with van der Waals surface area (Å²) in [5.74, 6) is -0.226. The molecule has 3 rings (SSSR count). The summed E-state index contributed by atoms with van der Waals surface area (Å²) >= 11 is 0. The summed E-state index contributed by atoms with van der Waals surface area (Å²) in [6.07, 6.45) is 1.66. The zero-order valence-electron chi connectivity index (χ0n) is 12.3. The van der Waals surface area contributed by atoms with Gasteiger partial charge in [-0.1, -0.05) is 30.3 Å². The minimum Gasteiger partial charge on any atom is -0.489 e. The maximum absolute atomic E-state index is 11.1. The van der Waals surface area contributed by atoms with Crippen molar-refractivity contribution in [3.63, 3.8) is 0 Å². The Kier molecular flexibility index (Phi) is 4.29. The maximum Gasteiger partial charge on any atom is 0.354 e. The number of rotatable bonds is 6. The molecule has 0 saturated heterocycles. The number of anilines is 1. The number of nitrogens with one attached hydrogen (secondary N) is 1. The van der Waals surface area contributed by atoms with Crippen LogP contribution in [0.5, 0.6) is 5.75 Å². The van der Waals surface area contributed by atoms with Crippen LogP contribution in [0.2, 0.25) is 0 Å². The van der Waals surface area contributed by atoms with Crippen molar-refractivity contribution in [1.29, 1.82) is 0 Å². The van der Waals surface area contributed by atoms with E-state index in [-0.39, 0.29) is 5.69 Å². The molecule has 0 spiro atoms. The van der Waals surface area contributed by atoms with E-state index < -0.39 is 5.97 Å². The lowest BCUT2D eigenvalue weighted by Gasteiger charge is -2.11. The van der Waals surface area contributed by atoms with Crippen molar-refractivity contribution in [2.75, 3.05) is 5.43 Å². The van der Waals surface area contributed by atoms with Gasteiger partial charge in [-0.2, -0.15) is 0 Å². The number of aromatic carboxylic acids is 1. The number of hydrogen-bond donors (Lipinski definition) is 2. The van der Waals surface area contributed by atoms with Gasteiger partial charge in [-0.05, 0) is 42.0 Å². The molecule has 23 heavy (non-hydrogen) atoms. The van der Waals surface area contributed by atoms with Gasteiger partial charge >= 0.3 is 5.97 Å². The third kappa shape index (κ3) is 3.71. The first-order valence-corrected chi connectivity index (χ1v) is 7.17. The number of benzene rings is 2. The van der Waals surface area contributed by atoms with Crippen LogP contribution in [0, 0.1) is 0 Å². The van der Waals surface area contributed by atoms with Crippen LogP contribution in [0.4, 0.5) is 5.69 Å². The second kappa shape index (κ2) is 6.70. The van der Waals surface area contributed by atoms with Crippen molar-refractivity contribution in [2.45, 2.75) is 6.61 Å². The third-order valence-electron chi connectivity index (χ3n) is 3.32. The zero-order chi connectivity index (χ0) is 16.1. The minimum atomic E-state index is -0.981. The van der Waals surface area contributed by atoms with Crippen LogP contribution in [0.3, 0.4) is 0 Å². The third-order valence-corrected chi connectivity index (χ3v) is 3.32. The molecule has 0 amide bonds. The van der Waals surface area contributed by atoms with E-state index in [1.807, 2.05) is 54.6 Å². The second-order valence-corrected chi connectivity index (χ2v) is 4.98. The van der Waals surface area contributed by atoms with E-state index >= 15 is 0 Å². The average molecular weight is 308 g/mol. The first kappa shape index (κ1) is 14.7. The van der Waals surface area contributed by atoms with Gasteiger partial charge in [0.05, 0.1) is 5.69 Å². The molecule has 2 N–H and O–H groups in total. The lowest BCUT2D eigenvalue weighted by Crippen LogP contribution is -2.14. The van der Waals surface area contributed by atoms with Crippen molar-refractivity contribution < 1.29 is 14.6 Å². The molecule has 0 saturated carbocycles. The highest BCUT2D eigenvalue weighted by molar-refractivity contribution is 5.86. The van der Waals surface area contributed by atoms with Crippen molar-refractivity contribution in [2.24, 2.45) is 0 Å². The Morgan fingerprint density at radius 3 is 2.43 bits per heavy atom. The summed E-state index contributed by atoms with van der Waals surface area (Å²) in [5, 5.41) is 9.07. The molecule has 0 aliphatic carbocycles. The van der Waals surface area contributed by atoms with Gasteiger partial charge < -0.3 is 9.84 Å². The van der Waals surface area contributed by atoms with Crippen molar-refractivity contribution in [3.8, 4) is 5.75 Å². The van der Waals surface area contributed by atoms with E-state index in [2.05, 4.69) is 5.43 Å². The van der Waals surface area contributed by atoms with Crippen LogP contribution in [-0.2, 0) is 6.61 Å². The highest BCUT2D eigenvalue weighted by atomic mass is 16.5. The Labute approximate surface area is 133 Å². The standard InChI is InChI=1S/C18H16N2O3/c21-18(22)17-7-4-12-20(17)19-15-8-10-16(11-9-15)23-13-14-5-2-1-3-6-14/h1-12,19H,13H2,(H,21,22). The molecule has 3 aromatic rings. The first-order valence-electron chi connectivity index (χ1n) is 7.17. The summed E-state index contributed by atoms with van der Waals surface area (Å²) in [7, 11) is 0.